The Balaban J connectivity index is 5.17. The molecule has 0 rings (SSSR count). The highest BCUT2D eigenvalue weighted by Crippen LogP contribution is 2.45. The highest BCUT2D eigenvalue weighted by atomic mass is 31.2. The van der Waals surface area contributed by atoms with Crippen molar-refractivity contribution in [2.45, 2.75) is 451 Å². The van der Waals surface area contributed by atoms with Crippen LogP contribution in [0, 0.1) is 5.92 Å². The number of ether oxygens (including phenoxy) is 4. The molecule has 594 valence electrons. The number of unbranched alkanes of at least 4 members (excludes halogenated alkanes) is 53. The predicted molar refractivity (Wildman–Crippen MR) is 409 cm³/mol. The lowest BCUT2D eigenvalue weighted by atomic mass is 10.0. The third kappa shape index (κ3) is 74.3. The Morgan fingerprint density at radius 2 is 0.460 bits per heavy atom. The van der Waals surface area contributed by atoms with Crippen LogP contribution in [0.4, 0.5) is 0 Å². The van der Waals surface area contributed by atoms with E-state index in [4.69, 9.17) is 37.0 Å². The van der Waals surface area contributed by atoms with E-state index in [1.165, 1.54) is 250 Å². The lowest BCUT2D eigenvalue weighted by Gasteiger charge is -2.21. The number of rotatable bonds is 81. The van der Waals surface area contributed by atoms with Crippen molar-refractivity contribution in [3.63, 3.8) is 0 Å². The Kier molecular flexibility index (Phi) is 72.5. The summed E-state index contributed by atoms with van der Waals surface area (Å²) in [5.74, 6) is -1.31. The van der Waals surface area contributed by atoms with Gasteiger partial charge in [-0.2, -0.15) is 0 Å². The number of carbonyl (C=O) groups is 4. The van der Waals surface area contributed by atoms with Crippen molar-refractivity contribution in [3.8, 4) is 0 Å². The van der Waals surface area contributed by atoms with Gasteiger partial charge in [-0.3, -0.25) is 37.3 Å². The fourth-order valence-electron chi connectivity index (χ4n) is 12.6. The molecule has 0 radical (unpaired) electrons. The summed E-state index contributed by atoms with van der Waals surface area (Å²) in [6.07, 6.45) is 65.4. The maximum absolute atomic E-state index is 13.1. The fourth-order valence-corrected chi connectivity index (χ4v) is 14.2. The molecule has 5 atom stereocenters. The first-order valence-electron chi connectivity index (χ1n) is 42.1. The average Bonchev–Trinajstić information content (AvgIpc) is 0.928. The molecule has 0 spiro atoms. The minimum absolute atomic E-state index is 0.108. The molecule has 2 unspecified atom stereocenters. The number of hydrogen-bond acceptors (Lipinski definition) is 15. The molecule has 0 bridgehead atoms. The van der Waals surface area contributed by atoms with Gasteiger partial charge in [-0.1, -0.05) is 381 Å². The van der Waals surface area contributed by atoms with Crippen molar-refractivity contribution >= 4 is 39.5 Å². The first-order chi connectivity index (χ1) is 48.5. The number of esters is 4. The topological polar surface area (TPSA) is 237 Å². The van der Waals surface area contributed by atoms with Crippen LogP contribution in [0.3, 0.4) is 0 Å². The molecule has 17 nitrogen and oxygen atoms in total. The molecule has 0 aromatic heterocycles. The highest BCUT2D eigenvalue weighted by Gasteiger charge is 2.30. The Morgan fingerprint density at radius 1 is 0.270 bits per heavy atom. The van der Waals surface area contributed by atoms with Crippen molar-refractivity contribution in [2.75, 3.05) is 39.6 Å². The number of carbonyl (C=O) groups excluding carboxylic acids is 4. The quantitative estimate of drug-likeness (QED) is 0.0222. The van der Waals surface area contributed by atoms with E-state index in [0.717, 1.165) is 102 Å². The molecular formula is C81H158O17P2. The minimum Gasteiger partial charge on any atom is -0.462 e. The molecule has 0 saturated heterocycles. The SMILES string of the molecule is CCCCCCCCCCCCCCCCCCCCCCCCC(=O)O[C@H](COC(=O)CCCCCCCCCCCCCCCCC(C)C)COP(=O)(O)OC[C@@H](O)COP(=O)(O)OC[C@@H](COC(=O)CCCCCCCCCC)OC(=O)CCCCCCCCCCCCCCC. The van der Waals surface area contributed by atoms with Crippen LogP contribution in [0.2, 0.25) is 0 Å². The third-order valence-corrected chi connectivity index (χ3v) is 20.9. The zero-order valence-corrected chi connectivity index (χ0v) is 67.1. The standard InChI is InChI=1S/C81H158O17P2/c1-6-9-12-15-18-21-23-25-26-27-28-29-30-31-32-33-39-43-47-52-57-62-67-81(86)98-77(71-92-79(84)65-60-55-50-45-41-38-35-34-37-40-44-48-53-58-63-74(4)5)73-96-100(89,90)94-69-75(82)68-93-99(87,88)95-72-76(70-91-78(83)64-59-54-49-20-17-14-11-8-3)97-80(85)66-61-56-51-46-42-36-24-22-19-16-13-10-7-2/h74-77,82H,6-73H2,1-5H3,(H,87,88)(H,89,90)/t75-,76+,77+/m0/s1. The number of aliphatic hydroxyl groups is 1. The van der Waals surface area contributed by atoms with E-state index in [1.807, 2.05) is 0 Å². The van der Waals surface area contributed by atoms with Crippen LogP contribution in [0.25, 0.3) is 0 Å². The van der Waals surface area contributed by atoms with E-state index < -0.39 is 97.5 Å². The molecule has 0 heterocycles. The van der Waals surface area contributed by atoms with E-state index >= 15 is 0 Å². The van der Waals surface area contributed by atoms with Gasteiger partial charge in [0.1, 0.15) is 19.3 Å². The summed E-state index contributed by atoms with van der Waals surface area (Å²) in [7, 11) is -9.91. The van der Waals surface area contributed by atoms with Gasteiger partial charge in [-0.25, -0.2) is 9.13 Å². The van der Waals surface area contributed by atoms with Crippen LogP contribution in [-0.4, -0.2) is 96.7 Å². The van der Waals surface area contributed by atoms with Crippen LogP contribution in [0.5, 0.6) is 0 Å². The summed E-state index contributed by atoms with van der Waals surface area (Å²) >= 11 is 0. The van der Waals surface area contributed by atoms with Gasteiger partial charge in [-0.05, 0) is 31.6 Å². The van der Waals surface area contributed by atoms with Crippen molar-refractivity contribution in [2.24, 2.45) is 5.92 Å². The Labute approximate surface area is 613 Å². The highest BCUT2D eigenvalue weighted by molar-refractivity contribution is 7.47. The molecule has 0 aromatic carbocycles. The van der Waals surface area contributed by atoms with Gasteiger partial charge in [0.2, 0.25) is 0 Å². The average molecular weight is 1470 g/mol. The van der Waals surface area contributed by atoms with Crippen LogP contribution in [0.1, 0.15) is 433 Å². The minimum atomic E-state index is -4.96. The Bertz CT molecular complexity index is 1910. The molecule has 0 amide bonds. The molecule has 0 aliphatic rings. The van der Waals surface area contributed by atoms with Gasteiger partial charge in [0, 0.05) is 25.7 Å². The smallest absolute Gasteiger partial charge is 0.462 e. The molecule has 100 heavy (non-hydrogen) atoms. The fraction of sp³-hybridized carbons (Fsp3) is 0.951. The number of phosphoric acid groups is 2. The summed E-state index contributed by atoms with van der Waals surface area (Å²) < 4.78 is 68.6. The van der Waals surface area contributed by atoms with Crippen molar-refractivity contribution < 1.29 is 80.2 Å². The lowest BCUT2D eigenvalue weighted by molar-refractivity contribution is -0.161. The van der Waals surface area contributed by atoms with Gasteiger partial charge in [0.25, 0.3) is 0 Å². The van der Waals surface area contributed by atoms with E-state index in [0.29, 0.717) is 25.7 Å². The third-order valence-electron chi connectivity index (χ3n) is 19.0. The van der Waals surface area contributed by atoms with Gasteiger partial charge < -0.3 is 33.8 Å². The molecule has 0 aliphatic carbocycles. The predicted octanol–water partition coefficient (Wildman–Crippen LogP) is 24.4. The molecule has 0 fully saturated rings. The Hall–Kier alpha value is -1.94. The van der Waals surface area contributed by atoms with E-state index in [-0.39, 0.29) is 25.7 Å². The molecule has 0 aromatic rings. The normalized spacial score (nSPS) is 13.8. The van der Waals surface area contributed by atoms with Crippen LogP contribution < -0.4 is 0 Å². The second kappa shape index (κ2) is 73.9. The van der Waals surface area contributed by atoms with Crippen LogP contribution >= 0.6 is 15.6 Å². The zero-order valence-electron chi connectivity index (χ0n) is 65.3. The summed E-state index contributed by atoms with van der Waals surface area (Å²) in [4.78, 5) is 72.9. The van der Waals surface area contributed by atoms with Crippen molar-refractivity contribution in [1.29, 1.82) is 0 Å². The monoisotopic (exact) mass is 1470 g/mol. The van der Waals surface area contributed by atoms with Crippen LogP contribution in [-0.2, 0) is 65.4 Å². The molecular weight excluding hydrogens is 1310 g/mol. The molecule has 19 heteroatoms. The van der Waals surface area contributed by atoms with Crippen LogP contribution in [0.15, 0.2) is 0 Å². The van der Waals surface area contributed by atoms with E-state index in [2.05, 4.69) is 34.6 Å². The van der Waals surface area contributed by atoms with Crippen molar-refractivity contribution in [3.05, 3.63) is 0 Å². The lowest BCUT2D eigenvalue weighted by Crippen LogP contribution is -2.30. The first-order valence-corrected chi connectivity index (χ1v) is 45.1. The number of aliphatic hydroxyl groups excluding tert-OH is 1. The van der Waals surface area contributed by atoms with Crippen molar-refractivity contribution in [1.82, 2.24) is 0 Å². The first kappa shape index (κ1) is 98.1. The molecule has 3 N–H and O–H groups in total. The Morgan fingerprint density at radius 3 is 0.680 bits per heavy atom. The second-order valence-electron chi connectivity index (χ2n) is 29.6. The van der Waals surface area contributed by atoms with Gasteiger partial charge in [0.15, 0.2) is 12.2 Å². The largest absolute Gasteiger partial charge is 0.472 e. The van der Waals surface area contributed by atoms with E-state index in [1.54, 1.807) is 0 Å². The maximum Gasteiger partial charge on any atom is 0.472 e. The molecule has 0 saturated carbocycles. The number of phosphoric ester groups is 2. The van der Waals surface area contributed by atoms with Gasteiger partial charge in [0.05, 0.1) is 26.4 Å². The zero-order chi connectivity index (χ0) is 73.4. The second-order valence-corrected chi connectivity index (χ2v) is 32.5. The summed E-state index contributed by atoms with van der Waals surface area (Å²) in [5, 5.41) is 10.6. The summed E-state index contributed by atoms with van der Waals surface area (Å²) in [6.45, 7) is 7.32. The summed E-state index contributed by atoms with van der Waals surface area (Å²) in [5.41, 5.74) is 0. The molecule has 0 aliphatic heterocycles. The summed E-state index contributed by atoms with van der Waals surface area (Å²) in [6, 6.07) is 0. The maximum atomic E-state index is 13.1. The number of hydrogen-bond donors (Lipinski definition) is 3. The van der Waals surface area contributed by atoms with Gasteiger partial charge >= 0.3 is 39.5 Å². The van der Waals surface area contributed by atoms with E-state index in [9.17, 15) is 43.2 Å². The van der Waals surface area contributed by atoms with Gasteiger partial charge in [-0.15, -0.1) is 0 Å².